The number of ether oxygens (including phenoxy) is 2. The van der Waals surface area contributed by atoms with Gasteiger partial charge in [0, 0.05) is 6.42 Å². The van der Waals surface area contributed by atoms with Crippen LogP contribution < -0.4 is 0 Å². The van der Waals surface area contributed by atoms with Gasteiger partial charge in [-0.3, -0.25) is 0 Å². The maximum Gasteiger partial charge on any atom is 0.106 e. The third kappa shape index (κ3) is 1.63. The molecule has 2 rings (SSSR count). The smallest absolute Gasteiger partial charge is 0.106 e. The molecule has 0 saturated carbocycles. The van der Waals surface area contributed by atoms with Gasteiger partial charge in [-0.2, -0.15) is 0 Å². The van der Waals surface area contributed by atoms with Crippen LogP contribution in [-0.4, -0.2) is 35.6 Å². The largest absolute Gasteiger partial charge is 0.383 e. The fourth-order valence-corrected chi connectivity index (χ4v) is 1.98. The lowest BCUT2D eigenvalue weighted by molar-refractivity contribution is -0.0734. The summed E-state index contributed by atoms with van der Waals surface area (Å²) in [5.41, 5.74) is -0.844. The zero-order valence-corrected chi connectivity index (χ0v) is 8.35. The van der Waals surface area contributed by atoms with Crippen LogP contribution in [0.3, 0.4) is 0 Å². The highest BCUT2D eigenvalue weighted by Crippen LogP contribution is 2.35. The molecular weight excluding hydrogens is 180 g/mol. The van der Waals surface area contributed by atoms with E-state index < -0.39 is 5.60 Å². The Morgan fingerprint density at radius 2 is 2.57 bits per heavy atom. The van der Waals surface area contributed by atoms with Crippen LogP contribution in [0, 0.1) is 0 Å². The van der Waals surface area contributed by atoms with Gasteiger partial charge in [-0.25, -0.2) is 0 Å². The maximum atomic E-state index is 9.92. The molecule has 1 fully saturated rings. The molecule has 3 nitrogen and oxygen atoms in total. The minimum atomic E-state index is -0.844. The topological polar surface area (TPSA) is 38.7 Å². The zero-order valence-electron chi connectivity index (χ0n) is 8.35. The average Bonchev–Trinajstić information content (AvgIpc) is 2.50. The minimum Gasteiger partial charge on any atom is -0.383 e. The molecule has 0 aromatic carbocycles. The Morgan fingerprint density at radius 3 is 3.21 bits per heavy atom. The van der Waals surface area contributed by atoms with Crippen molar-refractivity contribution in [3.63, 3.8) is 0 Å². The van der Waals surface area contributed by atoms with E-state index in [-0.39, 0.29) is 18.3 Å². The van der Waals surface area contributed by atoms with Crippen LogP contribution in [0.4, 0.5) is 0 Å². The Kier molecular flexibility index (Phi) is 2.47. The van der Waals surface area contributed by atoms with E-state index in [1.54, 1.807) is 13.0 Å². The second-order valence-corrected chi connectivity index (χ2v) is 4.07. The van der Waals surface area contributed by atoms with Gasteiger partial charge in [0.05, 0.1) is 18.8 Å². The Hall–Kier alpha value is -0.640. The first kappa shape index (κ1) is 9.90. The lowest BCUT2D eigenvalue weighted by atomic mass is 9.97. The van der Waals surface area contributed by atoms with E-state index in [1.807, 2.05) is 12.2 Å². The van der Waals surface area contributed by atoms with E-state index in [0.29, 0.717) is 6.61 Å². The summed E-state index contributed by atoms with van der Waals surface area (Å²) in [6.07, 6.45) is 6.10. The van der Waals surface area contributed by atoms with Crippen LogP contribution in [-0.2, 0) is 9.47 Å². The van der Waals surface area contributed by atoms with Crippen molar-refractivity contribution in [1.82, 2.24) is 0 Å². The molecule has 0 unspecified atom stereocenters. The summed E-state index contributed by atoms with van der Waals surface area (Å²) in [7, 11) is 0. The van der Waals surface area contributed by atoms with Gasteiger partial charge in [0.2, 0.25) is 0 Å². The molecule has 2 heterocycles. The predicted molar refractivity (Wildman–Crippen MR) is 53.0 cm³/mol. The molecule has 2 aliphatic rings. The molecule has 14 heavy (non-hydrogen) atoms. The third-order valence-corrected chi connectivity index (χ3v) is 2.84. The van der Waals surface area contributed by atoms with E-state index in [0.717, 1.165) is 6.42 Å². The van der Waals surface area contributed by atoms with Gasteiger partial charge in [0.1, 0.15) is 11.7 Å². The highest BCUT2D eigenvalue weighted by atomic mass is 16.6. The summed E-state index contributed by atoms with van der Waals surface area (Å²) in [5.74, 6) is 0. The Balaban J connectivity index is 2.03. The van der Waals surface area contributed by atoms with Crippen LogP contribution in [0.15, 0.2) is 24.8 Å². The number of aliphatic hydroxyl groups is 1. The van der Waals surface area contributed by atoms with Crippen molar-refractivity contribution in [2.24, 2.45) is 0 Å². The molecule has 0 amide bonds. The van der Waals surface area contributed by atoms with Crippen molar-refractivity contribution in [1.29, 1.82) is 0 Å². The molecule has 4 atom stereocenters. The number of fused-ring (bicyclic) bond motifs is 2. The fraction of sp³-hybridized carbons (Fsp3) is 0.636. The highest BCUT2D eigenvalue weighted by Gasteiger charge is 2.45. The number of hydrogen-bond acceptors (Lipinski definition) is 3. The summed E-state index contributed by atoms with van der Waals surface area (Å²) in [6, 6.07) is 0. The van der Waals surface area contributed by atoms with Gasteiger partial charge in [0.25, 0.3) is 0 Å². The molecule has 0 radical (unpaired) electrons. The van der Waals surface area contributed by atoms with Gasteiger partial charge in [-0.15, -0.1) is 6.58 Å². The van der Waals surface area contributed by atoms with E-state index in [9.17, 15) is 5.11 Å². The number of hydrogen-bond donors (Lipinski definition) is 1. The van der Waals surface area contributed by atoms with Crippen molar-refractivity contribution in [2.75, 3.05) is 6.61 Å². The third-order valence-electron chi connectivity index (χ3n) is 2.84. The fourth-order valence-electron chi connectivity index (χ4n) is 1.98. The Labute approximate surface area is 84.0 Å². The molecule has 0 aliphatic carbocycles. The summed E-state index contributed by atoms with van der Waals surface area (Å²) >= 11 is 0. The van der Waals surface area contributed by atoms with E-state index in [4.69, 9.17) is 9.47 Å². The standard InChI is InChI=1S/C11H16O3/c1-3-6-13-9-7-10-11(2,12)5-4-8(9)14-10/h3-5,8-10,12H,1,6-7H2,2H3/t8-,9-,10-,11-/m1/s1. The molecule has 0 aromatic rings. The van der Waals surface area contributed by atoms with E-state index >= 15 is 0 Å². The van der Waals surface area contributed by atoms with Crippen LogP contribution in [0.2, 0.25) is 0 Å². The van der Waals surface area contributed by atoms with E-state index in [2.05, 4.69) is 6.58 Å². The van der Waals surface area contributed by atoms with Gasteiger partial charge in [0.15, 0.2) is 0 Å². The number of rotatable bonds is 3. The quantitative estimate of drug-likeness (QED) is 0.685. The Morgan fingerprint density at radius 1 is 1.79 bits per heavy atom. The van der Waals surface area contributed by atoms with Gasteiger partial charge in [-0.05, 0) is 6.92 Å². The summed E-state index contributed by atoms with van der Waals surface area (Å²) in [4.78, 5) is 0. The Bertz CT molecular complexity index is 257. The van der Waals surface area contributed by atoms with Crippen molar-refractivity contribution in [2.45, 2.75) is 37.3 Å². The molecular formula is C11H16O3. The van der Waals surface area contributed by atoms with Gasteiger partial charge >= 0.3 is 0 Å². The first-order valence-electron chi connectivity index (χ1n) is 4.93. The molecule has 1 saturated heterocycles. The molecule has 1 N–H and O–H groups in total. The minimum absolute atomic E-state index is 0.000162. The lowest BCUT2D eigenvalue weighted by Crippen LogP contribution is -2.39. The monoisotopic (exact) mass is 196 g/mol. The summed E-state index contributed by atoms with van der Waals surface area (Å²) in [5, 5.41) is 9.92. The first-order chi connectivity index (χ1) is 6.63. The molecule has 78 valence electrons. The van der Waals surface area contributed by atoms with Crippen LogP contribution in [0.5, 0.6) is 0 Å². The summed E-state index contributed by atoms with van der Waals surface area (Å²) in [6.45, 7) is 5.90. The summed E-state index contributed by atoms with van der Waals surface area (Å²) < 4.78 is 11.2. The predicted octanol–water partition coefficient (Wildman–Crippen LogP) is 1.04. The van der Waals surface area contributed by atoms with Crippen molar-refractivity contribution in [3.8, 4) is 0 Å². The molecule has 2 bridgehead atoms. The van der Waals surface area contributed by atoms with Crippen molar-refractivity contribution >= 4 is 0 Å². The van der Waals surface area contributed by atoms with Crippen LogP contribution in [0.25, 0.3) is 0 Å². The average molecular weight is 196 g/mol. The van der Waals surface area contributed by atoms with Crippen LogP contribution >= 0.6 is 0 Å². The first-order valence-corrected chi connectivity index (χ1v) is 4.93. The van der Waals surface area contributed by atoms with Gasteiger partial charge < -0.3 is 14.6 Å². The lowest BCUT2D eigenvalue weighted by Gasteiger charge is -2.29. The SMILES string of the molecule is C=CCO[C@@H]1C[C@H]2O[C@@H]1C=C[C@@]2(C)O. The van der Waals surface area contributed by atoms with Crippen molar-refractivity contribution in [3.05, 3.63) is 24.8 Å². The van der Waals surface area contributed by atoms with E-state index in [1.165, 1.54) is 0 Å². The van der Waals surface area contributed by atoms with Gasteiger partial charge in [-0.1, -0.05) is 18.2 Å². The second-order valence-electron chi connectivity index (χ2n) is 4.07. The maximum absolute atomic E-state index is 9.92. The second kappa shape index (κ2) is 3.50. The van der Waals surface area contributed by atoms with Crippen molar-refractivity contribution < 1.29 is 14.6 Å². The van der Waals surface area contributed by atoms with Crippen LogP contribution in [0.1, 0.15) is 13.3 Å². The normalized spacial score (nSPS) is 45.4. The molecule has 0 spiro atoms. The zero-order chi connectivity index (χ0) is 10.2. The molecule has 0 aromatic heterocycles. The molecule has 3 heteroatoms. The highest BCUT2D eigenvalue weighted by molar-refractivity contribution is 5.16. The molecule has 2 aliphatic heterocycles.